The second kappa shape index (κ2) is 11.0. The first-order valence-electron chi connectivity index (χ1n) is 9.63. The van der Waals surface area contributed by atoms with E-state index in [1.807, 2.05) is 45.2 Å². The number of hydrogen-bond donors (Lipinski definition) is 1. The van der Waals surface area contributed by atoms with E-state index in [-0.39, 0.29) is 17.4 Å². The molecule has 0 radical (unpaired) electrons. The highest BCUT2D eigenvalue weighted by atomic mass is 127. The molecule has 0 saturated carbocycles. The second-order valence-corrected chi connectivity index (χ2v) is 10.4. The Hall–Kier alpha value is -1.35. The van der Waals surface area contributed by atoms with Crippen LogP contribution < -0.4 is 4.74 Å². The van der Waals surface area contributed by atoms with Crippen LogP contribution in [0.25, 0.3) is 6.08 Å². The van der Waals surface area contributed by atoms with Crippen molar-refractivity contribution in [2.45, 2.75) is 25.7 Å². The minimum absolute atomic E-state index is 0.200. The van der Waals surface area contributed by atoms with Gasteiger partial charge in [0.05, 0.1) is 12.0 Å². The highest BCUT2D eigenvalue weighted by molar-refractivity contribution is 14.1. The molecule has 11 heteroatoms. The van der Waals surface area contributed by atoms with Gasteiger partial charge in [0.15, 0.2) is 6.61 Å². The molecule has 0 unspecified atom stereocenters. The fraction of sp³-hybridized carbons (Fsp3) is 0.400. The molecular weight excluding hydrogens is 650 g/mol. The molecule has 2 saturated heterocycles. The van der Waals surface area contributed by atoms with Crippen LogP contribution in [0.1, 0.15) is 31.2 Å². The van der Waals surface area contributed by atoms with Gasteiger partial charge in [0.1, 0.15) is 12.3 Å². The molecule has 0 bridgehead atoms. The highest BCUT2D eigenvalue weighted by Gasteiger charge is 2.37. The number of aliphatic carboxylic acids is 1. The molecule has 2 aliphatic heterocycles. The summed E-state index contributed by atoms with van der Waals surface area (Å²) in [6, 6.07) is 3.49. The zero-order valence-corrected chi connectivity index (χ0v) is 21.6. The van der Waals surface area contributed by atoms with Gasteiger partial charge in [-0.3, -0.25) is 19.3 Å². The summed E-state index contributed by atoms with van der Waals surface area (Å²) in [7, 11) is 0. The number of thioether (sulfide) groups is 1. The summed E-state index contributed by atoms with van der Waals surface area (Å²) >= 11 is 4.88. The maximum absolute atomic E-state index is 12.8. The van der Waals surface area contributed by atoms with Crippen molar-refractivity contribution in [3.05, 3.63) is 29.7 Å². The monoisotopic (exact) mass is 670 g/mol. The number of benzene rings is 1. The fourth-order valence-corrected chi connectivity index (χ4v) is 6.24. The Morgan fingerprint density at radius 1 is 1.10 bits per heavy atom. The zero-order valence-electron chi connectivity index (χ0n) is 16.4. The molecular formula is C20H20I2N2O6S. The number of amides is 3. The quantitative estimate of drug-likeness (QED) is 0.363. The Bertz CT molecular complexity index is 921. The standard InChI is InChI=1S/C20H20I2N2O6S/c21-13-7-12(8-14(22)18(13)30-11-17(26)27)9-15-19(28)24(20(29)31-15)10-16(25)23-5-3-1-2-4-6-23/h7-9H,1-6,10-11H2,(H,26,27). The molecule has 2 aliphatic rings. The third kappa shape index (κ3) is 6.34. The lowest BCUT2D eigenvalue weighted by Crippen LogP contribution is -2.42. The average molecular weight is 670 g/mol. The van der Waals surface area contributed by atoms with Crippen molar-refractivity contribution in [3.8, 4) is 5.75 Å². The number of halogens is 2. The lowest BCUT2D eigenvalue weighted by atomic mass is 10.2. The molecule has 1 N–H and O–H groups in total. The molecule has 1 aromatic rings. The summed E-state index contributed by atoms with van der Waals surface area (Å²) in [6.45, 7) is 0.643. The van der Waals surface area contributed by atoms with Gasteiger partial charge in [-0.05, 0) is 93.6 Å². The third-order valence-corrected chi connectivity index (χ3v) is 7.29. The van der Waals surface area contributed by atoms with E-state index in [0.717, 1.165) is 42.3 Å². The van der Waals surface area contributed by atoms with Crippen LogP contribution in [0, 0.1) is 7.14 Å². The first-order chi connectivity index (χ1) is 14.8. The van der Waals surface area contributed by atoms with Crippen LogP contribution in [-0.2, 0) is 14.4 Å². The molecule has 0 aliphatic carbocycles. The number of rotatable bonds is 6. The third-order valence-electron chi connectivity index (χ3n) is 4.78. The topological polar surface area (TPSA) is 104 Å². The molecule has 166 valence electrons. The predicted octanol–water partition coefficient (Wildman–Crippen LogP) is 3.80. The Morgan fingerprint density at radius 3 is 2.29 bits per heavy atom. The van der Waals surface area contributed by atoms with Crippen molar-refractivity contribution in [2.75, 3.05) is 26.2 Å². The Labute approximate surface area is 211 Å². The summed E-state index contributed by atoms with van der Waals surface area (Å²) in [4.78, 5) is 51.5. The van der Waals surface area contributed by atoms with Gasteiger partial charge in [0.2, 0.25) is 5.91 Å². The number of carbonyl (C=O) groups is 4. The first-order valence-corrected chi connectivity index (χ1v) is 12.6. The zero-order chi connectivity index (χ0) is 22.5. The summed E-state index contributed by atoms with van der Waals surface area (Å²) < 4.78 is 6.68. The van der Waals surface area contributed by atoms with E-state index in [0.29, 0.717) is 31.5 Å². The molecule has 0 spiro atoms. The number of hydrogen-bond acceptors (Lipinski definition) is 6. The van der Waals surface area contributed by atoms with Gasteiger partial charge in [-0.1, -0.05) is 12.8 Å². The molecule has 31 heavy (non-hydrogen) atoms. The van der Waals surface area contributed by atoms with Gasteiger partial charge >= 0.3 is 5.97 Å². The summed E-state index contributed by atoms with van der Waals surface area (Å²) in [5, 5.41) is 8.34. The van der Waals surface area contributed by atoms with E-state index in [1.54, 1.807) is 23.1 Å². The number of nitrogens with zero attached hydrogens (tertiary/aromatic N) is 2. The van der Waals surface area contributed by atoms with Crippen molar-refractivity contribution in [1.29, 1.82) is 0 Å². The van der Waals surface area contributed by atoms with Crippen molar-refractivity contribution >= 4 is 86.0 Å². The van der Waals surface area contributed by atoms with Gasteiger partial charge in [0, 0.05) is 13.1 Å². The van der Waals surface area contributed by atoms with E-state index in [2.05, 4.69) is 0 Å². The van der Waals surface area contributed by atoms with Gasteiger partial charge in [-0.2, -0.15) is 0 Å². The van der Waals surface area contributed by atoms with E-state index >= 15 is 0 Å². The van der Waals surface area contributed by atoms with Crippen molar-refractivity contribution < 1.29 is 29.0 Å². The summed E-state index contributed by atoms with van der Waals surface area (Å²) in [6.07, 6.45) is 5.66. The van der Waals surface area contributed by atoms with Gasteiger partial charge in [0.25, 0.3) is 11.1 Å². The van der Waals surface area contributed by atoms with E-state index in [9.17, 15) is 19.2 Å². The van der Waals surface area contributed by atoms with Crippen molar-refractivity contribution in [2.24, 2.45) is 0 Å². The smallest absolute Gasteiger partial charge is 0.341 e. The first kappa shape index (κ1) is 24.3. The molecule has 1 aromatic carbocycles. The fourth-order valence-electron chi connectivity index (χ4n) is 3.28. The van der Waals surface area contributed by atoms with Crippen LogP contribution in [0.15, 0.2) is 17.0 Å². The van der Waals surface area contributed by atoms with Crippen LogP contribution in [0.5, 0.6) is 5.75 Å². The largest absolute Gasteiger partial charge is 0.480 e. The van der Waals surface area contributed by atoms with Crippen LogP contribution >= 0.6 is 56.9 Å². The predicted molar refractivity (Wildman–Crippen MR) is 133 cm³/mol. The number of carboxylic acid groups (broad SMARTS) is 1. The normalized spacial score (nSPS) is 18.5. The Kier molecular flexibility index (Phi) is 8.61. The van der Waals surface area contributed by atoms with Gasteiger partial charge in [-0.15, -0.1) is 0 Å². The number of imide groups is 1. The van der Waals surface area contributed by atoms with Crippen LogP contribution in [0.4, 0.5) is 4.79 Å². The lowest BCUT2D eigenvalue weighted by molar-refractivity contribution is -0.139. The molecule has 3 amide bonds. The SMILES string of the molecule is O=C(O)COc1c(I)cc(C=C2SC(=O)N(CC(=O)N3CCCCCC3)C2=O)cc1I. The van der Waals surface area contributed by atoms with Crippen LogP contribution in [-0.4, -0.2) is 64.2 Å². The average Bonchev–Trinajstić information content (AvgIpc) is 2.90. The minimum atomic E-state index is -1.07. The number of likely N-dealkylation sites (tertiary alicyclic amines) is 1. The van der Waals surface area contributed by atoms with E-state index in [1.165, 1.54) is 0 Å². The number of carbonyl (C=O) groups excluding carboxylic acids is 3. The summed E-state index contributed by atoms with van der Waals surface area (Å²) in [5.74, 6) is -1.29. The molecule has 2 fully saturated rings. The second-order valence-electron chi connectivity index (χ2n) is 7.06. The molecule has 3 rings (SSSR count). The lowest BCUT2D eigenvalue weighted by Gasteiger charge is -2.22. The van der Waals surface area contributed by atoms with E-state index < -0.39 is 23.7 Å². The van der Waals surface area contributed by atoms with Crippen LogP contribution in [0.3, 0.4) is 0 Å². The van der Waals surface area contributed by atoms with E-state index in [4.69, 9.17) is 9.84 Å². The maximum Gasteiger partial charge on any atom is 0.341 e. The molecule has 0 atom stereocenters. The van der Waals surface area contributed by atoms with Gasteiger partial charge in [-0.25, -0.2) is 4.79 Å². The van der Waals surface area contributed by atoms with Gasteiger partial charge < -0.3 is 14.7 Å². The molecule has 8 nitrogen and oxygen atoms in total. The van der Waals surface area contributed by atoms with Crippen LogP contribution in [0.2, 0.25) is 0 Å². The molecule has 0 aromatic heterocycles. The van der Waals surface area contributed by atoms with Crippen molar-refractivity contribution in [3.63, 3.8) is 0 Å². The number of carboxylic acids is 1. The minimum Gasteiger partial charge on any atom is -0.480 e. The number of ether oxygens (including phenoxy) is 1. The Balaban J connectivity index is 1.72. The molecule has 2 heterocycles. The summed E-state index contributed by atoms with van der Waals surface area (Å²) in [5.41, 5.74) is 0.681. The highest BCUT2D eigenvalue weighted by Crippen LogP contribution is 2.34. The van der Waals surface area contributed by atoms with Crippen molar-refractivity contribution in [1.82, 2.24) is 9.80 Å². The maximum atomic E-state index is 12.8. The Morgan fingerprint density at radius 2 is 1.71 bits per heavy atom.